The number of hydrogen-bond acceptors (Lipinski definition) is 3. The van der Waals surface area contributed by atoms with Gasteiger partial charge in [0.2, 0.25) is 0 Å². The summed E-state index contributed by atoms with van der Waals surface area (Å²) < 4.78 is 5.17. The van der Waals surface area contributed by atoms with Crippen LogP contribution in [0.2, 0.25) is 0 Å². The molecule has 0 amide bonds. The molecule has 0 fully saturated rings. The Bertz CT molecular complexity index is 371. The van der Waals surface area contributed by atoms with Crippen LogP contribution in [0.1, 0.15) is 26.3 Å². The quantitative estimate of drug-likeness (QED) is 0.819. The van der Waals surface area contributed by atoms with Crippen molar-refractivity contribution >= 4 is 0 Å². The average Bonchev–Trinajstić information content (AvgIpc) is 2.37. The Balaban J connectivity index is 2.44. The first kappa shape index (κ1) is 16.0. The van der Waals surface area contributed by atoms with Crippen molar-refractivity contribution in [1.29, 1.82) is 0 Å². The minimum Gasteiger partial charge on any atom is -0.497 e. The van der Waals surface area contributed by atoms with Crippen LogP contribution in [0.15, 0.2) is 24.3 Å². The lowest BCUT2D eigenvalue weighted by Crippen LogP contribution is -2.49. The van der Waals surface area contributed by atoms with Crippen molar-refractivity contribution in [2.24, 2.45) is 0 Å². The number of ether oxygens (including phenoxy) is 1. The molecule has 0 aliphatic carbocycles. The molecule has 1 aromatic rings. The smallest absolute Gasteiger partial charge is 0.118 e. The van der Waals surface area contributed by atoms with Crippen molar-refractivity contribution in [3.8, 4) is 5.75 Å². The molecule has 3 heteroatoms. The zero-order valence-corrected chi connectivity index (χ0v) is 13.2. The number of rotatable bonds is 7. The second-order valence-corrected chi connectivity index (χ2v) is 6.04. The van der Waals surface area contributed by atoms with Crippen LogP contribution in [-0.2, 0) is 6.42 Å². The van der Waals surface area contributed by atoms with E-state index in [0.717, 1.165) is 18.7 Å². The molecule has 0 aliphatic heterocycles. The lowest BCUT2D eigenvalue weighted by Gasteiger charge is -2.34. The van der Waals surface area contributed by atoms with Gasteiger partial charge < -0.3 is 15.0 Å². The van der Waals surface area contributed by atoms with Crippen LogP contribution in [0, 0.1) is 0 Å². The third-order valence-electron chi connectivity index (χ3n) is 3.79. The predicted octanol–water partition coefficient (Wildman–Crippen LogP) is 2.56. The van der Waals surface area contributed by atoms with E-state index in [-0.39, 0.29) is 5.54 Å². The minimum absolute atomic E-state index is 0.175. The highest BCUT2D eigenvalue weighted by molar-refractivity contribution is 5.27. The van der Waals surface area contributed by atoms with Gasteiger partial charge in [-0.2, -0.15) is 0 Å². The Kier molecular flexibility index (Phi) is 5.83. The number of hydrogen-bond donors (Lipinski definition) is 1. The Hall–Kier alpha value is -1.06. The highest BCUT2D eigenvalue weighted by Crippen LogP contribution is 2.13. The van der Waals surface area contributed by atoms with Gasteiger partial charge in [0.15, 0.2) is 0 Å². The fourth-order valence-corrected chi connectivity index (χ4v) is 1.77. The van der Waals surface area contributed by atoms with E-state index in [9.17, 15) is 0 Å². The molecule has 0 aromatic heterocycles. The molecule has 1 atom stereocenters. The van der Waals surface area contributed by atoms with E-state index >= 15 is 0 Å². The highest BCUT2D eigenvalue weighted by Gasteiger charge is 2.20. The Morgan fingerprint density at radius 3 is 2.26 bits per heavy atom. The third kappa shape index (κ3) is 5.21. The first-order chi connectivity index (χ1) is 8.85. The van der Waals surface area contributed by atoms with Crippen molar-refractivity contribution in [1.82, 2.24) is 10.2 Å². The van der Waals surface area contributed by atoms with E-state index in [1.54, 1.807) is 7.11 Å². The lowest BCUT2D eigenvalue weighted by atomic mass is 10.0. The summed E-state index contributed by atoms with van der Waals surface area (Å²) in [5.41, 5.74) is 1.51. The van der Waals surface area contributed by atoms with Crippen LogP contribution in [0.25, 0.3) is 0 Å². The van der Waals surface area contributed by atoms with Crippen molar-refractivity contribution < 1.29 is 4.74 Å². The average molecular weight is 264 g/mol. The normalized spacial score (nSPS) is 13.6. The summed E-state index contributed by atoms with van der Waals surface area (Å²) >= 11 is 0. The maximum Gasteiger partial charge on any atom is 0.118 e. The molecule has 0 radical (unpaired) electrons. The lowest BCUT2D eigenvalue weighted by molar-refractivity contribution is 0.185. The predicted molar refractivity (Wildman–Crippen MR) is 81.9 cm³/mol. The fourth-order valence-electron chi connectivity index (χ4n) is 1.77. The van der Waals surface area contributed by atoms with Gasteiger partial charge >= 0.3 is 0 Å². The van der Waals surface area contributed by atoms with Gasteiger partial charge in [-0.05, 0) is 59.0 Å². The Morgan fingerprint density at radius 1 is 1.21 bits per heavy atom. The first-order valence-electron chi connectivity index (χ1n) is 6.89. The van der Waals surface area contributed by atoms with Crippen molar-refractivity contribution in [2.45, 2.75) is 38.8 Å². The molecule has 0 saturated heterocycles. The zero-order chi connectivity index (χ0) is 14.5. The van der Waals surface area contributed by atoms with Gasteiger partial charge in [0, 0.05) is 18.1 Å². The summed E-state index contributed by atoms with van der Waals surface area (Å²) in [5.74, 6) is 0.915. The van der Waals surface area contributed by atoms with Crippen molar-refractivity contribution in [3.63, 3.8) is 0 Å². The van der Waals surface area contributed by atoms with Gasteiger partial charge in [-0.25, -0.2) is 0 Å². The van der Waals surface area contributed by atoms with Crippen LogP contribution in [0.5, 0.6) is 5.75 Å². The van der Waals surface area contributed by atoms with Crippen LogP contribution >= 0.6 is 0 Å². The SMILES string of the molecule is COc1ccc(CC(C)NCC(C)(C)N(C)C)cc1. The molecule has 1 aromatic carbocycles. The van der Waals surface area contributed by atoms with Crippen LogP contribution in [0.4, 0.5) is 0 Å². The summed E-state index contributed by atoms with van der Waals surface area (Å²) in [7, 11) is 5.94. The standard InChI is InChI=1S/C16H28N2O/c1-13(17-12-16(2,3)18(4)5)11-14-7-9-15(19-6)10-8-14/h7-10,13,17H,11-12H2,1-6H3. The zero-order valence-electron chi connectivity index (χ0n) is 13.2. The number of benzene rings is 1. The second-order valence-electron chi connectivity index (χ2n) is 6.04. The largest absolute Gasteiger partial charge is 0.497 e. The van der Waals surface area contributed by atoms with Crippen molar-refractivity contribution in [2.75, 3.05) is 27.7 Å². The molecule has 19 heavy (non-hydrogen) atoms. The minimum atomic E-state index is 0.175. The molecule has 1 rings (SSSR count). The van der Waals surface area contributed by atoms with Gasteiger partial charge in [0.1, 0.15) is 5.75 Å². The summed E-state index contributed by atoms with van der Waals surface area (Å²) in [6, 6.07) is 8.77. The summed E-state index contributed by atoms with van der Waals surface area (Å²) in [5, 5.41) is 3.61. The maximum atomic E-state index is 5.17. The van der Waals surface area contributed by atoms with E-state index in [2.05, 4.69) is 57.2 Å². The van der Waals surface area contributed by atoms with Crippen LogP contribution < -0.4 is 10.1 Å². The van der Waals surface area contributed by atoms with Gasteiger partial charge in [0.05, 0.1) is 7.11 Å². The maximum absolute atomic E-state index is 5.17. The molecule has 0 heterocycles. The van der Waals surface area contributed by atoms with E-state index in [0.29, 0.717) is 6.04 Å². The molecule has 1 N–H and O–H groups in total. The molecule has 0 bridgehead atoms. The van der Waals surface area contributed by atoms with Crippen molar-refractivity contribution in [3.05, 3.63) is 29.8 Å². The molecular weight excluding hydrogens is 236 g/mol. The number of nitrogens with one attached hydrogen (secondary N) is 1. The molecular formula is C16H28N2O. The molecule has 1 unspecified atom stereocenters. The summed E-state index contributed by atoms with van der Waals surface area (Å²) in [6.07, 6.45) is 1.04. The third-order valence-corrected chi connectivity index (χ3v) is 3.79. The van der Waals surface area contributed by atoms with E-state index in [1.165, 1.54) is 5.56 Å². The molecule has 108 valence electrons. The monoisotopic (exact) mass is 264 g/mol. The fraction of sp³-hybridized carbons (Fsp3) is 0.625. The van der Waals surface area contributed by atoms with Crippen LogP contribution in [-0.4, -0.2) is 44.2 Å². The second kappa shape index (κ2) is 6.92. The van der Waals surface area contributed by atoms with Gasteiger partial charge in [-0.3, -0.25) is 0 Å². The molecule has 0 spiro atoms. The Morgan fingerprint density at radius 2 is 1.79 bits per heavy atom. The molecule has 0 saturated carbocycles. The topological polar surface area (TPSA) is 24.5 Å². The van der Waals surface area contributed by atoms with E-state index < -0.39 is 0 Å². The number of likely N-dealkylation sites (N-methyl/N-ethyl adjacent to an activating group) is 1. The molecule has 3 nitrogen and oxygen atoms in total. The molecule has 0 aliphatic rings. The summed E-state index contributed by atoms with van der Waals surface area (Å²) in [4.78, 5) is 2.25. The Labute approximate surface area is 118 Å². The van der Waals surface area contributed by atoms with E-state index in [1.807, 2.05) is 12.1 Å². The first-order valence-corrected chi connectivity index (χ1v) is 6.89. The number of nitrogens with zero attached hydrogens (tertiary/aromatic N) is 1. The van der Waals surface area contributed by atoms with Gasteiger partial charge in [-0.1, -0.05) is 12.1 Å². The van der Waals surface area contributed by atoms with Gasteiger partial charge in [0.25, 0.3) is 0 Å². The van der Waals surface area contributed by atoms with Gasteiger partial charge in [-0.15, -0.1) is 0 Å². The van der Waals surface area contributed by atoms with Crippen LogP contribution in [0.3, 0.4) is 0 Å². The van der Waals surface area contributed by atoms with E-state index in [4.69, 9.17) is 4.74 Å². The summed E-state index contributed by atoms with van der Waals surface area (Å²) in [6.45, 7) is 7.72. The highest BCUT2D eigenvalue weighted by atomic mass is 16.5. The number of methoxy groups -OCH3 is 1.